The highest BCUT2D eigenvalue weighted by atomic mass is 19.3. The topological polar surface area (TPSA) is 46.3 Å². The van der Waals surface area contributed by atoms with E-state index in [1.54, 1.807) is 6.92 Å². The van der Waals surface area contributed by atoms with E-state index in [-0.39, 0.29) is 11.9 Å². The van der Waals surface area contributed by atoms with Gasteiger partial charge in [-0.3, -0.25) is 4.79 Å². The third kappa shape index (κ3) is 2.45. The van der Waals surface area contributed by atoms with Crippen molar-refractivity contribution in [1.29, 1.82) is 0 Å². The first-order valence-corrected chi connectivity index (χ1v) is 5.17. The summed E-state index contributed by atoms with van der Waals surface area (Å²) < 4.78 is 24.3. The summed E-state index contributed by atoms with van der Waals surface area (Å²) in [5, 5.41) is 0. The summed E-state index contributed by atoms with van der Waals surface area (Å²) in [6.07, 6.45) is -0.0998. The Morgan fingerprint density at radius 2 is 2.27 bits per heavy atom. The summed E-state index contributed by atoms with van der Waals surface area (Å²) in [5.74, 6) is -0.257. The summed E-state index contributed by atoms with van der Waals surface area (Å²) >= 11 is 0. The van der Waals surface area contributed by atoms with Gasteiger partial charge in [-0.1, -0.05) is 6.42 Å². The maximum absolute atomic E-state index is 12.1. The Morgan fingerprint density at radius 1 is 1.67 bits per heavy atom. The summed E-state index contributed by atoms with van der Waals surface area (Å²) in [6, 6.07) is -0.204. The third-order valence-corrected chi connectivity index (χ3v) is 3.28. The van der Waals surface area contributed by atoms with E-state index in [0.717, 1.165) is 17.7 Å². The highest BCUT2D eigenvalue weighted by Crippen LogP contribution is 2.38. The Hall–Kier alpha value is -0.710. The molecular weight excluding hydrogens is 202 g/mol. The van der Waals surface area contributed by atoms with E-state index in [4.69, 9.17) is 5.73 Å². The van der Waals surface area contributed by atoms with Crippen LogP contribution >= 0.6 is 0 Å². The summed E-state index contributed by atoms with van der Waals surface area (Å²) in [7, 11) is 1.41. The lowest BCUT2D eigenvalue weighted by Gasteiger charge is -2.32. The van der Waals surface area contributed by atoms with Crippen molar-refractivity contribution >= 4 is 5.91 Å². The maximum atomic E-state index is 12.1. The van der Waals surface area contributed by atoms with Gasteiger partial charge in [0.2, 0.25) is 5.91 Å². The zero-order valence-electron chi connectivity index (χ0n) is 9.17. The molecule has 1 rings (SSSR count). The van der Waals surface area contributed by atoms with Crippen LogP contribution in [0.4, 0.5) is 8.78 Å². The molecule has 0 saturated heterocycles. The van der Waals surface area contributed by atoms with E-state index < -0.39 is 18.4 Å². The second-order valence-electron chi connectivity index (χ2n) is 4.49. The molecule has 0 spiro atoms. The fourth-order valence-corrected chi connectivity index (χ4v) is 2.18. The van der Waals surface area contributed by atoms with Crippen molar-refractivity contribution in [3.05, 3.63) is 0 Å². The molecule has 0 aromatic carbocycles. The number of hydrogen-bond acceptors (Lipinski definition) is 2. The lowest BCUT2D eigenvalue weighted by Crippen LogP contribution is -2.49. The largest absolute Gasteiger partial charge is 0.340 e. The first kappa shape index (κ1) is 12.4. The molecule has 0 heterocycles. The standard InChI is InChI=1S/C10H18F2N2O/c1-10(5-3-4-7(10)13)9(15)14(2)6-8(11)12/h7-8H,3-6,13H2,1-2H3. The highest BCUT2D eigenvalue weighted by Gasteiger charge is 2.44. The molecule has 0 aliphatic heterocycles. The Kier molecular flexibility index (Phi) is 3.65. The molecular formula is C10H18F2N2O. The SMILES string of the molecule is CN(CC(F)F)C(=O)C1(C)CCCC1N. The molecule has 2 atom stereocenters. The lowest BCUT2D eigenvalue weighted by molar-refractivity contribution is -0.142. The molecule has 1 amide bonds. The first-order chi connectivity index (χ1) is 6.88. The average Bonchev–Trinajstić information content (AvgIpc) is 2.46. The Bertz CT molecular complexity index is 248. The van der Waals surface area contributed by atoms with Crippen LogP contribution in [0.5, 0.6) is 0 Å². The van der Waals surface area contributed by atoms with Crippen LogP contribution in [-0.2, 0) is 4.79 Å². The molecule has 1 saturated carbocycles. The van der Waals surface area contributed by atoms with Gasteiger partial charge >= 0.3 is 0 Å². The average molecular weight is 220 g/mol. The van der Waals surface area contributed by atoms with E-state index in [1.165, 1.54) is 7.05 Å². The van der Waals surface area contributed by atoms with Crippen LogP contribution < -0.4 is 5.73 Å². The number of hydrogen-bond donors (Lipinski definition) is 1. The minimum Gasteiger partial charge on any atom is -0.340 e. The smallest absolute Gasteiger partial charge is 0.255 e. The fraction of sp³-hybridized carbons (Fsp3) is 0.900. The van der Waals surface area contributed by atoms with Gasteiger partial charge in [-0.05, 0) is 19.8 Å². The fourth-order valence-electron chi connectivity index (χ4n) is 2.18. The molecule has 1 fully saturated rings. The van der Waals surface area contributed by atoms with Gasteiger partial charge in [0.05, 0.1) is 12.0 Å². The van der Waals surface area contributed by atoms with Crippen molar-refractivity contribution in [3.63, 3.8) is 0 Å². The maximum Gasteiger partial charge on any atom is 0.255 e. The minimum atomic E-state index is -2.49. The molecule has 2 N–H and O–H groups in total. The molecule has 0 bridgehead atoms. The molecule has 5 heteroatoms. The molecule has 2 unspecified atom stereocenters. The molecule has 1 aliphatic carbocycles. The second-order valence-corrected chi connectivity index (χ2v) is 4.49. The van der Waals surface area contributed by atoms with Gasteiger partial charge in [0.25, 0.3) is 6.43 Å². The number of carbonyl (C=O) groups is 1. The molecule has 0 radical (unpaired) electrons. The predicted octanol–water partition coefficient (Wildman–Crippen LogP) is 1.23. The van der Waals surface area contributed by atoms with E-state index in [0.29, 0.717) is 6.42 Å². The second kappa shape index (κ2) is 4.43. The molecule has 88 valence electrons. The van der Waals surface area contributed by atoms with E-state index >= 15 is 0 Å². The van der Waals surface area contributed by atoms with Crippen LogP contribution in [0.1, 0.15) is 26.2 Å². The van der Waals surface area contributed by atoms with Crippen LogP contribution in [0.2, 0.25) is 0 Å². The number of amides is 1. The lowest BCUT2D eigenvalue weighted by atomic mass is 9.83. The van der Waals surface area contributed by atoms with Crippen molar-refractivity contribution in [3.8, 4) is 0 Å². The molecule has 0 aromatic heterocycles. The van der Waals surface area contributed by atoms with Gasteiger partial charge in [-0.25, -0.2) is 8.78 Å². The molecule has 0 aromatic rings. The summed E-state index contributed by atoms with van der Waals surface area (Å²) in [6.45, 7) is 1.26. The van der Waals surface area contributed by atoms with Gasteiger partial charge < -0.3 is 10.6 Å². The van der Waals surface area contributed by atoms with Crippen LogP contribution in [0, 0.1) is 5.41 Å². The van der Waals surface area contributed by atoms with Gasteiger partial charge in [-0.2, -0.15) is 0 Å². The van der Waals surface area contributed by atoms with Crippen LogP contribution in [0.15, 0.2) is 0 Å². The number of rotatable bonds is 3. The Labute approximate surface area is 88.6 Å². The van der Waals surface area contributed by atoms with E-state index in [1.807, 2.05) is 0 Å². The van der Waals surface area contributed by atoms with Crippen LogP contribution in [-0.4, -0.2) is 36.9 Å². The van der Waals surface area contributed by atoms with E-state index in [2.05, 4.69) is 0 Å². The third-order valence-electron chi connectivity index (χ3n) is 3.28. The van der Waals surface area contributed by atoms with Gasteiger partial charge in [0, 0.05) is 13.1 Å². The van der Waals surface area contributed by atoms with Crippen molar-refractivity contribution in [1.82, 2.24) is 4.90 Å². The predicted molar refractivity (Wildman–Crippen MR) is 53.6 cm³/mol. The molecule has 1 aliphatic rings. The van der Waals surface area contributed by atoms with Gasteiger partial charge in [-0.15, -0.1) is 0 Å². The molecule has 3 nitrogen and oxygen atoms in total. The number of nitrogens with two attached hydrogens (primary N) is 1. The van der Waals surface area contributed by atoms with E-state index in [9.17, 15) is 13.6 Å². The Morgan fingerprint density at radius 3 is 2.67 bits per heavy atom. The zero-order chi connectivity index (χ0) is 11.6. The van der Waals surface area contributed by atoms with Crippen molar-refractivity contribution < 1.29 is 13.6 Å². The highest BCUT2D eigenvalue weighted by molar-refractivity contribution is 5.83. The number of halogens is 2. The zero-order valence-corrected chi connectivity index (χ0v) is 9.17. The molecule has 15 heavy (non-hydrogen) atoms. The quantitative estimate of drug-likeness (QED) is 0.777. The van der Waals surface area contributed by atoms with Gasteiger partial charge in [0.15, 0.2) is 0 Å². The van der Waals surface area contributed by atoms with Crippen molar-refractivity contribution in [2.45, 2.75) is 38.7 Å². The Balaban J connectivity index is 2.66. The number of nitrogens with zero attached hydrogens (tertiary/aromatic N) is 1. The van der Waals surface area contributed by atoms with Crippen molar-refractivity contribution in [2.24, 2.45) is 11.1 Å². The number of carbonyl (C=O) groups excluding carboxylic acids is 1. The van der Waals surface area contributed by atoms with Crippen LogP contribution in [0.3, 0.4) is 0 Å². The van der Waals surface area contributed by atoms with Crippen LogP contribution in [0.25, 0.3) is 0 Å². The normalized spacial score (nSPS) is 30.9. The summed E-state index contributed by atoms with van der Waals surface area (Å²) in [5.41, 5.74) is 5.20. The van der Waals surface area contributed by atoms with Gasteiger partial charge in [0.1, 0.15) is 0 Å². The monoisotopic (exact) mass is 220 g/mol. The minimum absolute atomic E-state index is 0.204. The number of alkyl halides is 2. The summed E-state index contributed by atoms with van der Waals surface area (Å²) in [4.78, 5) is 13.0. The van der Waals surface area contributed by atoms with Crippen molar-refractivity contribution in [2.75, 3.05) is 13.6 Å². The first-order valence-electron chi connectivity index (χ1n) is 5.17.